The fourth-order valence-electron chi connectivity index (χ4n) is 3.98. The van der Waals surface area contributed by atoms with Crippen molar-refractivity contribution in [1.29, 1.82) is 0 Å². The van der Waals surface area contributed by atoms with Gasteiger partial charge in [-0.15, -0.1) is 11.3 Å². The van der Waals surface area contributed by atoms with Crippen molar-refractivity contribution < 1.29 is 26.0 Å². The molecule has 3 N–H and O–H groups in total. The van der Waals surface area contributed by atoms with Crippen LogP contribution in [0.15, 0.2) is 78.9 Å². The van der Waals surface area contributed by atoms with E-state index in [1.807, 2.05) is 19.9 Å². The molecule has 0 radical (unpaired) electrons. The highest BCUT2D eigenvalue weighted by Crippen LogP contribution is 2.25. The van der Waals surface area contributed by atoms with Crippen molar-refractivity contribution in [3.63, 3.8) is 0 Å². The minimum absolute atomic E-state index is 0.00527. The first-order chi connectivity index (χ1) is 21.8. The molecule has 0 spiro atoms. The molecule has 0 aliphatic heterocycles. The fraction of sp³-hybridized carbons (Fsp3) is 0.281. The number of pyridine rings is 1. The lowest BCUT2D eigenvalue weighted by molar-refractivity contribution is -0.129. The van der Waals surface area contributed by atoms with Crippen molar-refractivity contribution in [2.45, 2.75) is 45.7 Å². The molecule has 0 saturated carbocycles. The van der Waals surface area contributed by atoms with E-state index in [1.54, 1.807) is 36.4 Å². The molecule has 2 aromatic carbocycles. The van der Waals surface area contributed by atoms with E-state index in [-0.39, 0.29) is 52.5 Å². The van der Waals surface area contributed by atoms with Crippen LogP contribution in [-0.2, 0) is 20.8 Å². The summed E-state index contributed by atoms with van der Waals surface area (Å²) in [7, 11) is 0. The molecule has 8 nitrogen and oxygen atoms in total. The molecule has 2 heterocycles. The summed E-state index contributed by atoms with van der Waals surface area (Å²) in [4.78, 5) is 56.5. The van der Waals surface area contributed by atoms with Gasteiger partial charge in [0.05, 0.1) is 36.4 Å². The number of carbonyl (C=O) groups excluding carboxylic acids is 4. The van der Waals surface area contributed by atoms with Gasteiger partial charge in [-0.25, -0.2) is 0 Å². The maximum absolute atomic E-state index is 13.2. The average molecular weight is 581 g/mol. The number of hydrogen-bond donors (Lipinski definition) is 3. The van der Waals surface area contributed by atoms with E-state index >= 15 is 0 Å². The molecule has 1 unspecified atom stereocenters. The summed E-state index contributed by atoms with van der Waals surface area (Å²) in [5, 5.41) is 8.10. The Hall–Kier alpha value is -4.37. The number of thiophene rings is 1. The summed E-state index contributed by atoms with van der Waals surface area (Å²) in [6, 6.07) is 10.7. The van der Waals surface area contributed by atoms with Gasteiger partial charge in [0, 0.05) is 16.5 Å². The van der Waals surface area contributed by atoms with Crippen LogP contribution in [0.1, 0.15) is 49.3 Å². The molecule has 4 aromatic rings. The van der Waals surface area contributed by atoms with E-state index in [1.165, 1.54) is 19.2 Å². The Morgan fingerprint density at radius 1 is 0.976 bits per heavy atom. The highest BCUT2D eigenvalue weighted by molar-refractivity contribution is 7.20. The molecule has 0 bridgehead atoms. The maximum Gasteiger partial charge on any atom is 0.262 e. The number of Topliss-reactive ketones (excluding diaryl/α,β-unsaturated/α-hetero) is 1. The second kappa shape index (κ2) is 13.8. The Kier molecular flexibility index (Phi) is 7.86. The van der Waals surface area contributed by atoms with Gasteiger partial charge in [-0.2, -0.15) is 0 Å². The predicted molar refractivity (Wildman–Crippen MR) is 162 cm³/mol. The lowest BCUT2D eigenvalue weighted by atomic mass is 10.0. The Balaban J connectivity index is 1.40. The van der Waals surface area contributed by atoms with Crippen molar-refractivity contribution in [3.8, 4) is 11.3 Å². The zero-order chi connectivity index (χ0) is 33.7. The second-order valence-corrected chi connectivity index (χ2v) is 10.9. The van der Waals surface area contributed by atoms with Crippen molar-refractivity contribution in [3.05, 3.63) is 89.3 Å². The van der Waals surface area contributed by atoms with Crippen molar-refractivity contribution in [1.82, 2.24) is 20.9 Å². The van der Waals surface area contributed by atoms with Crippen LogP contribution in [0.3, 0.4) is 0 Å². The Morgan fingerprint density at radius 3 is 2.49 bits per heavy atom. The molecule has 0 saturated heterocycles. The van der Waals surface area contributed by atoms with Crippen LogP contribution in [0.25, 0.3) is 21.3 Å². The van der Waals surface area contributed by atoms with Gasteiger partial charge in [0.2, 0.25) is 11.8 Å². The number of nitrogens with zero attached hydrogens (tertiary/aromatic N) is 1. The second-order valence-electron chi connectivity index (χ2n) is 9.86. The third kappa shape index (κ3) is 8.31. The SMILES string of the molecule is [3H]c1cc([3H])c(-c2ccccn2)c([3H])c1CC(=O)NC([3H])C(=O)[C@H](C)NC(=O)[C@H](CC(C)C)NC(=O)c1sc2ccccc2c1[3H]. The molecule has 3 amide bonds. The van der Waals surface area contributed by atoms with Crippen LogP contribution in [-0.4, -0.2) is 47.1 Å². The van der Waals surface area contributed by atoms with Crippen LogP contribution >= 0.6 is 11.3 Å². The van der Waals surface area contributed by atoms with Gasteiger partial charge in [-0.05, 0) is 60.5 Å². The molecule has 9 heteroatoms. The van der Waals surface area contributed by atoms with Crippen molar-refractivity contribution >= 4 is 44.9 Å². The summed E-state index contributed by atoms with van der Waals surface area (Å²) in [6.45, 7) is 3.34. The summed E-state index contributed by atoms with van der Waals surface area (Å²) >= 11 is 1.15. The van der Waals surface area contributed by atoms with E-state index in [9.17, 15) is 19.2 Å². The zero-order valence-electron chi connectivity index (χ0n) is 27.9. The number of amides is 3. The summed E-state index contributed by atoms with van der Waals surface area (Å²) in [5.41, 5.74) is 0.508. The van der Waals surface area contributed by atoms with E-state index in [4.69, 9.17) is 6.85 Å². The van der Waals surface area contributed by atoms with E-state index in [0.29, 0.717) is 11.1 Å². The number of carbonyl (C=O) groups is 4. The molecule has 4 rings (SSSR count). The van der Waals surface area contributed by atoms with E-state index in [2.05, 4.69) is 20.9 Å². The van der Waals surface area contributed by atoms with Gasteiger partial charge in [0.1, 0.15) is 6.04 Å². The highest BCUT2D eigenvalue weighted by Gasteiger charge is 2.26. The Labute approximate surface area is 250 Å². The lowest BCUT2D eigenvalue weighted by Gasteiger charge is -2.22. The Morgan fingerprint density at radius 2 is 1.76 bits per heavy atom. The van der Waals surface area contributed by atoms with Crippen LogP contribution in [0.4, 0.5) is 0 Å². The van der Waals surface area contributed by atoms with Crippen LogP contribution in [0, 0.1) is 5.92 Å². The number of benzene rings is 2. The first kappa shape index (κ1) is 23.3. The van der Waals surface area contributed by atoms with Gasteiger partial charge in [-0.1, -0.05) is 56.3 Å². The number of aromatic nitrogens is 1. The molecule has 2 aromatic heterocycles. The molecular formula is C32H34N4O4S. The van der Waals surface area contributed by atoms with Crippen molar-refractivity contribution in [2.24, 2.45) is 5.92 Å². The normalized spacial score (nSPS) is 15.0. The fourth-order valence-corrected chi connectivity index (χ4v) is 4.89. The van der Waals surface area contributed by atoms with Crippen molar-refractivity contribution in [2.75, 3.05) is 6.52 Å². The average Bonchev–Trinajstić information content (AvgIpc) is 3.35. The van der Waals surface area contributed by atoms with Gasteiger partial charge in [0.25, 0.3) is 5.91 Å². The largest absolute Gasteiger partial charge is 0.349 e. The minimum atomic E-state index is -1.76. The molecule has 0 fully saturated rings. The lowest BCUT2D eigenvalue weighted by Crippen LogP contribution is -2.52. The van der Waals surface area contributed by atoms with Gasteiger partial charge < -0.3 is 16.0 Å². The molecular weight excluding hydrogens is 536 g/mol. The van der Waals surface area contributed by atoms with Crippen LogP contribution < -0.4 is 16.0 Å². The summed E-state index contributed by atoms with van der Waals surface area (Å²) < 4.78 is 42.3. The zero-order valence-corrected chi connectivity index (χ0v) is 23.7. The van der Waals surface area contributed by atoms with E-state index in [0.717, 1.165) is 16.0 Å². The summed E-state index contributed by atoms with van der Waals surface area (Å²) in [5.74, 6) is -2.84. The molecule has 3 atom stereocenters. The topological polar surface area (TPSA) is 117 Å². The minimum Gasteiger partial charge on any atom is -0.349 e. The van der Waals surface area contributed by atoms with Gasteiger partial charge in [0.15, 0.2) is 5.78 Å². The van der Waals surface area contributed by atoms with Gasteiger partial charge in [-0.3, -0.25) is 24.2 Å². The number of ketones is 1. The maximum atomic E-state index is 13.2. The molecule has 0 aliphatic carbocycles. The monoisotopic (exact) mass is 580 g/mol. The number of fused-ring (bicyclic) bond motifs is 1. The highest BCUT2D eigenvalue weighted by atomic mass is 32.1. The summed E-state index contributed by atoms with van der Waals surface area (Å²) in [6.07, 6.45) is 1.27. The predicted octanol–water partition coefficient (Wildman–Crippen LogP) is 4.54. The Bertz CT molecular complexity index is 1780. The quantitative estimate of drug-likeness (QED) is 0.228. The number of rotatable bonds is 12. The van der Waals surface area contributed by atoms with E-state index < -0.39 is 48.5 Å². The van der Waals surface area contributed by atoms with Crippen LogP contribution in [0.2, 0.25) is 0 Å². The third-order valence-electron chi connectivity index (χ3n) is 6.04. The standard InChI is InChI=1S/C32H34N4O4S/c1-20(2)15-26(36-32(40)29-18-24-10-4-5-13-28(24)41-29)31(39)35-21(3)27(37)19-34-30(38)17-22-9-8-11-23(16-22)25-12-6-7-14-33-25/h4-14,16,18,20-21,26H,15,17,19H2,1-3H3,(H,34,38)(H,35,39)(H,36,40)/t21-,26-/m0/s1/i9T,11T,16T,18T,19T/t19?,21-,26-. The molecule has 41 heavy (non-hydrogen) atoms. The number of nitrogens with one attached hydrogen (secondary N) is 3. The van der Waals surface area contributed by atoms with Gasteiger partial charge >= 0.3 is 0 Å². The molecule has 0 aliphatic rings. The molecule has 212 valence electrons. The van der Waals surface area contributed by atoms with Crippen LogP contribution in [0.5, 0.6) is 0 Å². The number of hydrogen-bond acceptors (Lipinski definition) is 6. The third-order valence-corrected chi connectivity index (χ3v) is 7.11. The smallest absolute Gasteiger partial charge is 0.262 e. The first-order valence-corrected chi connectivity index (χ1v) is 14.0. The first-order valence-electron chi connectivity index (χ1n) is 15.7.